The van der Waals surface area contributed by atoms with Crippen LogP contribution in [0.25, 0.3) is 0 Å². The number of para-hydroxylation sites is 2. The quantitative estimate of drug-likeness (QED) is 0.843. The summed E-state index contributed by atoms with van der Waals surface area (Å²) in [5, 5.41) is 8.81. The van der Waals surface area contributed by atoms with Gasteiger partial charge >= 0.3 is 0 Å². The Kier molecular flexibility index (Phi) is 5.45. The van der Waals surface area contributed by atoms with Gasteiger partial charge in [-0.1, -0.05) is 12.1 Å². The van der Waals surface area contributed by atoms with Gasteiger partial charge in [-0.25, -0.2) is 13.1 Å². The van der Waals surface area contributed by atoms with E-state index in [-0.39, 0.29) is 10.8 Å². The lowest BCUT2D eigenvalue weighted by Crippen LogP contribution is -2.31. The summed E-state index contributed by atoms with van der Waals surface area (Å²) in [4.78, 5) is 2.40. The summed E-state index contributed by atoms with van der Waals surface area (Å²) in [5.41, 5.74) is 1.47. The van der Waals surface area contributed by atoms with Gasteiger partial charge in [0, 0.05) is 19.6 Å². The van der Waals surface area contributed by atoms with Crippen molar-refractivity contribution in [3.63, 3.8) is 0 Å². The fourth-order valence-electron chi connectivity index (χ4n) is 3.13. The molecule has 0 aliphatic carbocycles. The molecule has 6 nitrogen and oxygen atoms in total. The van der Waals surface area contributed by atoms with Crippen molar-refractivity contribution in [2.45, 2.75) is 11.3 Å². The minimum absolute atomic E-state index is 0.177. The van der Waals surface area contributed by atoms with Crippen LogP contribution >= 0.6 is 0 Å². The number of benzene rings is 2. The lowest BCUT2D eigenvalue weighted by molar-refractivity contribution is 0.414. The molecule has 7 heteroatoms. The smallest absolute Gasteiger partial charge is 0.240 e. The van der Waals surface area contributed by atoms with Crippen molar-refractivity contribution in [3.8, 4) is 11.8 Å². The highest BCUT2D eigenvalue weighted by atomic mass is 32.2. The van der Waals surface area contributed by atoms with E-state index in [1.165, 1.54) is 24.3 Å². The van der Waals surface area contributed by atoms with Crippen molar-refractivity contribution in [3.05, 3.63) is 54.1 Å². The summed E-state index contributed by atoms with van der Waals surface area (Å²) in [6.45, 7) is 2.02. The number of rotatable bonds is 6. The van der Waals surface area contributed by atoms with E-state index in [0.717, 1.165) is 30.9 Å². The van der Waals surface area contributed by atoms with Crippen molar-refractivity contribution < 1.29 is 13.2 Å². The molecule has 1 heterocycles. The summed E-state index contributed by atoms with van der Waals surface area (Å²) in [5.74, 6) is 1.05. The van der Waals surface area contributed by atoms with E-state index in [2.05, 4.69) is 9.62 Å². The number of anilines is 1. The second-order valence-electron chi connectivity index (χ2n) is 6.26. The molecular weight excluding hydrogens is 350 g/mol. The Hall–Kier alpha value is -2.56. The molecule has 2 aromatic carbocycles. The van der Waals surface area contributed by atoms with Gasteiger partial charge in [0.25, 0.3) is 0 Å². The second kappa shape index (κ2) is 7.77. The summed E-state index contributed by atoms with van der Waals surface area (Å²) in [6.07, 6.45) is 0.911. The lowest BCUT2D eigenvalue weighted by atomic mass is 10.1. The molecule has 3 rings (SSSR count). The van der Waals surface area contributed by atoms with Gasteiger partial charge in [-0.2, -0.15) is 5.26 Å². The van der Waals surface area contributed by atoms with Gasteiger partial charge in [-0.3, -0.25) is 0 Å². The molecule has 0 saturated carbocycles. The molecule has 1 aliphatic rings. The van der Waals surface area contributed by atoms with E-state index in [0.29, 0.717) is 12.1 Å². The maximum absolute atomic E-state index is 12.4. The first kappa shape index (κ1) is 18.2. The van der Waals surface area contributed by atoms with Gasteiger partial charge in [-0.15, -0.1) is 0 Å². The summed E-state index contributed by atoms with van der Waals surface area (Å²) in [6, 6.07) is 15.8. The largest absolute Gasteiger partial charge is 0.495 e. The zero-order valence-electron chi connectivity index (χ0n) is 14.6. The Morgan fingerprint density at radius 3 is 2.65 bits per heavy atom. The third-order valence-electron chi connectivity index (χ3n) is 4.57. The van der Waals surface area contributed by atoms with Crippen LogP contribution in [-0.4, -0.2) is 35.2 Å². The molecule has 0 spiro atoms. The first-order valence-electron chi connectivity index (χ1n) is 8.41. The SMILES string of the molecule is COc1ccccc1N1CC[C@H](CNS(=O)(=O)c2ccc(C#N)cc2)C1. The summed E-state index contributed by atoms with van der Waals surface area (Å²) >= 11 is 0. The number of hydrogen-bond donors (Lipinski definition) is 1. The van der Waals surface area contributed by atoms with Crippen LogP contribution in [0.3, 0.4) is 0 Å². The van der Waals surface area contributed by atoms with Gasteiger partial charge in [-0.05, 0) is 48.7 Å². The van der Waals surface area contributed by atoms with Crippen LogP contribution in [0.4, 0.5) is 5.69 Å². The van der Waals surface area contributed by atoms with Gasteiger partial charge in [0.1, 0.15) is 5.75 Å². The average Bonchev–Trinajstić information content (AvgIpc) is 3.15. The normalized spacial score (nSPS) is 17.1. The third-order valence-corrected chi connectivity index (χ3v) is 6.01. The van der Waals surface area contributed by atoms with E-state index in [1.807, 2.05) is 30.3 Å². The molecule has 0 amide bonds. The number of hydrogen-bond acceptors (Lipinski definition) is 5. The minimum atomic E-state index is -3.57. The molecule has 1 fully saturated rings. The first-order valence-corrected chi connectivity index (χ1v) is 9.89. The lowest BCUT2D eigenvalue weighted by Gasteiger charge is -2.21. The molecule has 1 saturated heterocycles. The van der Waals surface area contributed by atoms with Gasteiger partial charge < -0.3 is 9.64 Å². The fourth-order valence-corrected chi connectivity index (χ4v) is 4.24. The Balaban J connectivity index is 1.61. The maximum atomic E-state index is 12.4. The van der Waals surface area contributed by atoms with E-state index < -0.39 is 10.0 Å². The van der Waals surface area contributed by atoms with Crippen LogP contribution in [0.2, 0.25) is 0 Å². The topological polar surface area (TPSA) is 82.4 Å². The third kappa shape index (κ3) is 3.98. The van der Waals surface area contributed by atoms with Crippen molar-refractivity contribution >= 4 is 15.7 Å². The van der Waals surface area contributed by atoms with Crippen molar-refractivity contribution in [1.29, 1.82) is 5.26 Å². The molecule has 0 bridgehead atoms. The molecule has 0 radical (unpaired) electrons. The zero-order valence-corrected chi connectivity index (χ0v) is 15.4. The summed E-state index contributed by atoms with van der Waals surface area (Å²) < 4.78 is 32.9. The standard InChI is InChI=1S/C19H21N3O3S/c1-25-19-5-3-2-4-18(19)22-11-10-16(14-22)13-21-26(23,24)17-8-6-15(12-20)7-9-17/h2-9,16,21H,10-11,13-14H2,1H3/t16-/m1/s1. The van der Waals surface area contributed by atoms with E-state index in [9.17, 15) is 8.42 Å². The van der Waals surface area contributed by atoms with Gasteiger partial charge in [0.05, 0.1) is 29.3 Å². The molecule has 0 unspecified atom stereocenters. The number of sulfonamides is 1. The van der Waals surface area contributed by atoms with E-state index >= 15 is 0 Å². The number of ether oxygens (including phenoxy) is 1. The van der Waals surface area contributed by atoms with Crippen LogP contribution < -0.4 is 14.4 Å². The highest BCUT2D eigenvalue weighted by molar-refractivity contribution is 7.89. The highest BCUT2D eigenvalue weighted by Crippen LogP contribution is 2.31. The monoisotopic (exact) mass is 371 g/mol. The Morgan fingerprint density at radius 1 is 1.23 bits per heavy atom. The van der Waals surface area contributed by atoms with E-state index in [1.54, 1.807) is 7.11 Å². The van der Waals surface area contributed by atoms with E-state index in [4.69, 9.17) is 10.00 Å². The molecule has 136 valence electrons. The van der Waals surface area contributed by atoms with Crippen LogP contribution in [0.5, 0.6) is 5.75 Å². The molecule has 1 N–H and O–H groups in total. The molecule has 1 atom stereocenters. The van der Waals surface area contributed by atoms with Crippen molar-refractivity contribution in [1.82, 2.24) is 4.72 Å². The fraction of sp³-hybridized carbons (Fsp3) is 0.316. The highest BCUT2D eigenvalue weighted by Gasteiger charge is 2.26. The zero-order chi connectivity index (χ0) is 18.6. The molecule has 1 aliphatic heterocycles. The molecule has 26 heavy (non-hydrogen) atoms. The predicted octanol–water partition coefficient (Wildman–Crippen LogP) is 2.37. The number of nitrogens with zero attached hydrogens (tertiary/aromatic N) is 2. The van der Waals surface area contributed by atoms with Crippen LogP contribution in [-0.2, 0) is 10.0 Å². The molecule has 0 aromatic heterocycles. The molecular formula is C19H21N3O3S. The second-order valence-corrected chi connectivity index (χ2v) is 8.03. The van der Waals surface area contributed by atoms with Crippen LogP contribution in [0.15, 0.2) is 53.4 Å². The average molecular weight is 371 g/mol. The number of nitrogens with one attached hydrogen (secondary N) is 1. The summed E-state index contributed by atoms with van der Waals surface area (Å²) in [7, 11) is -1.92. The van der Waals surface area contributed by atoms with Crippen molar-refractivity contribution in [2.24, 2.45) is 5.92 Å². The molecule has 2 aromatic rings. The Bertz CT molecular complexity index is 904. The van der Waals surface area contributed by atoms with Gasteiger partial charge in [0.15, 0.2) is 0 Å². The maximum Gasteiger partial charge on any atom is 0.240 e. The first-order chi connectivity index (χ1) is 12.5. The van der Waals surface area contributed by atoms with Crippen LogP contribution in [0.1, 0.15) is 12.0 Å². The predicted molar refractivity (Wildman–Crippen MR) is 99.7 cm³/mol. The van der Waals surface area contributed by atoms with Crippen molar-refractivity contribution in [2.75, 3.05) is 31.6 Å². The Morgan fingerprint density at radius 2 is 1.96 bits per heavy atom. The minimum Gasteiger partial charge on any atom is -0.495 e. The van der Waals surface area contributed by atoms with Gasteiger partial charge in [0.2, 0.25) is 10.0 Å². The Labute approximate surface area is 154 Å². The number of nitriles is 1. The number of methoxy groups -OCH3 is 1. The van der Waals surface area contributed by atoms with Crippen LogP contribution in [0, 0.1) is 17.2 Å².